The summed E-state index contributed by atoms with van der Waals surface area (Å²) in [5, 5.41) is 4.99. The lowest BCUT2D eigenvalue weighted by atomic mass is 9.91. The first-order valence-electron chi connectivity index (χ1n) is 17.7. The van der Waals surface area contributed by atoms with E-state index in [-0.39, 0.29) is 6.04 Å². The summed E-state index contributed by atoms with van der Waals surface area (Å²) < 4.78 is 0. The van der Waals surface area contributed by atoms with Crippen molar-refractivity contribution in [3.05, 3.63) is 205 Å². The van der Waals surface area contributed by atoms with Crippen molar-refractivity contribution in [2.45, 2.75) is 18.9 Å². The minimum atomic E-state index is 0.0480. The van der Waals surface area contributed by atoms with E-state index in [4.69, 9.17) is 4.99 Å². The fourth-order valence-electron chi connectivity index (χ4n) is 7.51. The van der Waals surface area contributed by atoms with Crippen LogP contribution in [0.3, 0.4) is 0 Å². The van der Waals surface area contributed by atoms with E-state index in [1.165, 1.54) is 71.6 Å². The fraction of sp³-hybridized carbons (Fsp3) is 0.0612. The molecule has 0 aliphatic carbocycles. The standard InChI is InChI=1S/C49H36N2/c1-3-14-43-37(9-1)11-5-16-44(43)39-28-30-41(31-29-39)48-19-7-17-46(49(51-48)47-18-6-12-38-10-2-4-15-45(38)47)40-26-24-35(25-27-40)34-20-22-36(23-21-34)42-13-8-32-50-33-42/h1-6,8-18,20-33,48H,7,19H2. The quantitative estimate of drug-likeness (QED) is 0.175. The molecule has 0 saturated carbocycles. The molecular weight excluding hydrogens is 617 g/mol. The van der Waals surface area contributed by atoms with Crippen molar-refractivity contribution in [2.75, 3.05) is 0 Å². The highest BCUT2D eigenvalue weighted by Gasteiger charge is 2.22. The molecule has 1 unspecified atom stereocenters. The van der Waals surface area contributed by atoms with Crippen LogP contribution in [0.5, 0.6) is 0 Å². The number of hydrogen-bond acceptors (Lipinski definition) is 2. The van der Waals surface area contributed by atoms with E-state index in [9.17, 15) is 0 Å². The maximum Gasteiger partial charge on any atom is 0.0759 e. The maximum absolute atomic E-state index is 5.64. The van der Waals surface area contributed by atoms with Gasteiger partial charge in [0.15, 0.2) is 0 Å². The first-order valence-corrected chi connectivity index (χ1v) is 17.7. The highest BCUT2D eigenvalue weighted by molar-refractivity contribution is 6.35. The number of rotatable bonds is 6. The number of pyridine rings is 1. The Morgan fingerprint density at radius 3 is 1.63 bits per heavy atom. The molecule has 1 aromatic heterocycles. The van der Waals surface area contributed by atoms with Crippen LogP contribution in [0, 0.1) is 0 Å². The Balaban J connectivity index is 1.07. The highest BCUT2D eigenvalue weighted by Crippen LogP contribution is 2.37. The lowest BCUT2D eigenvalue weighted by Gasteiger charge is -2.17. The van der Waals surface area contributed by atoms with Gasteiger partial charge in [-0.25, -0.2) is 0 Å². The van der Waals surface area contributed by atoms with Gasteiger partial charge in [-0.15, -0.1) is 0 Å². The monoisotopic (exact) mass is 652 g/mol. The Bertz CT molecular complexity index is 2530. The minimum absolute atomic E-state index is 0.0480. The second-order valence-corrected chi connectivity index (χ2v) is 13.3. The molecule has 0 radical (unpaired) electrons. The summed E-state index contributed by atoms with van der Waals surface area (Å²) in [4.78, 5) is 9.92. The Hall–Kier alpha value is -6.38. The van der Waals surface area contributed by atoms with Gasteiger partial charge in [-0.1, -0.05) is 170 Å². The molecule has 2 nitrogen and oxygen atoms in total. The molecule has 242 valence electrons. The van der Waals surface area contributed by atoms with Crippen molar-refractivity contribution in [1.29, 1.82) is 0 Å². The Morgan fingerprint density at radius 2 is 0.980 bits per heavy atom. The summed E-state index contributed by atoms with van der Waals surface area (Å²) in [6.45, 7) is 0. The molecule has 7 aromatic carbocycles. The number of aromatic nitrogens is 1. The van der Waals surface area contributed by atoms with Gasteiger partial charge in [0, 0.05) is 23.5 Å². The molecule has 1 atom stereocenters. The van der Waals surface area contributed by atoms with E-state index in [2.05, 4.69) is 175 Å². The van der Waals surface area contributed by atoms with Gasteiger partial charge < -0.3 is 0 Å². The number of hydrogen-bond donors (Lipinski definition) is 0. The predicted molar refractivity (Wildman–Crippen MR) is 215 cm³/mol. The number of nitrogens with zero attached hydrogens (tertiary/aromatic N) is 2. The van der Waals surface area contributed by atoms with Crippen molar-refractivity contribution in [3.63, 3.8) is 0 Å². The van der Waals surface area contributed by atoms with Crippen LogP contribution in [-0.2, 0) is 0 Å². The molecule has 0 spiro atoms. The summed E-state index contributed by atoms with van der Waals surface area (Å²) in [7, 11) is 0. The Morgan fingerprint density at radius 1 is 0.431 bits per heavy atom. The topological polar surface area (TPSA) is 25.2 Å². The fourth-order valence-corrected chi connectivity index (χ4v) is 7.51. The second-order valence-electron chi connectivity index (χ2n) is 13.3. The van der Waals surface area contributed by atoms with E-state index < -0.39 is 0 Å². The first-order chi connectivity index (χ1) is 25.3. The van der Waals surface area contributed by atoms with Gasteiger partial charge in [-0.05, 0) is 85.0 Å². The van der Waals surface area contributed by atoms with Crippen LogP contribution in [0.15, 0.2) is 193 Å². The van der Waals surface area contributed by atoms with Gasteiger partial charge in [-0.3, -0.25) is 9.98 Å². The average molecular weight is 653 g/mol. The molecular formula is C49H36N2. The molecule has 9 rings (SSSR count). The molecule has 0 saturated heterocycles. The third-order valence-electron chi connectivity index (χ3n) is 10.2. The second kappa shape index (κ2) is 13.5. The molecule has 0 bridgehead atoms. The van der Waals surface area contributed by atoms with E-state index in [1.807, 2.05) is 18.5 Å². The van der Waals surface area contributed by atoms with Gasteiger partial charge in [0.05, 0.1) is 11.8 Å². The van der Waals surface area contributed by atoms with Crippen molar-refractivity contribution in [3.8, 4) is 33.4 Å². The van der Waals surface area contributed by atoms with Crippen LogP contribution in [0.25, 0.3) is 60.5 Å². The molecule has 8 aromatic rings. The summed E-state index contributed by atoms with van der Waals surface area (Å²) in [6, 6.07) is 61.4. The maximum atomic E-state index is 5.64. The van der Waals surface area contributed by atoms with Crippen LogP contribution in [0.4, 0.5) is 0 Å². The third-order valence-corrected chi connectivity index (χ3v) is 10.2. The lowest BCUT2D eigenvalue weighted by Crippen LogP contribution is -2.07. The summed E-state index contributed by atoms with van der Waals surface area (Å²) in [6.07, 6.45) is 8.02. The van der Waals surface area contributed by atoms with Gasteiger partial charge in [0.25, 0.3) is 0 Å². The first kappa shape index (κ1) is 30.7. The van der Waals surface area contributed by atoms with Gasteiger partial charge >= 0.3 is 0 Å². The Kier molecular flexibility index (Phi) is 8.11. The highest BCUT2D eigenvalue weighted by atomic mass is 14.8. The molecule has 0 N–H and O–H groups in total. The molecule has 1 aliphatic rings. The van der Waals surface area contributed by atoms with E-state index >= 15 is 0 Å². The number of allylic oxidation sites excluding steroid dienone is 2. The normalized spacial score (nSPS) is 14.5. The third kappa shape index (κ3) is 6.06. The van der Waals surface area contributed by atoms with Gasteiger partial charge in [-0.2, -0.15) is 0 Å². The zero-order valence-electron chi connectivity index (χ0n) is 28.3. The molecule has 2 heteroatoms. The molecule has 0 fully saturated rings. The average Bonchev–Trinajstić information content (AvgIpc) is 3.44. The van der Waals surface area contributed by atoms with Gasteiger partial charge in [0.2, 0.25) is 0 Å². The largest absolute Gasteiger partial charge is 0.276 e. The summed E-state index contributed by atoms with van der Waals surface area (Å²) in [5.74, 6) is 0. The minimum Gasteiger partial charge on any atom is -0.276 e. The predicted octanol–water partition coefficient (Wildman–Crippen LogP) is 12.8. The van der Waals surface area contributed by atoms with Crippen molar-refractivity contribution in [2.24, 2.45) is 4.99 Å². The van der Waals surface area contributed by atoms with Crippen molar-refractivity contribution in [1.82, 2.24) is 4.98 Å². The smallest absolute Gasteiger partial charge is 0.0759 e. The molecule has 1 aliphatic heterocycles. The van der Waals surface area contributed by atoms with Crippen LogP contribution < -0.4 is 0 Å². The number of aliphatic imine (C=N–C) groups is 1. The summed E-state index contributed by atoms with van der Waals surface area (Å²) in [5.41, 5.74) is 13.0. The molecule has 0 amide bonds. The molecule has 51 heavy (non-hydrogen) atoms. The summed E-state index contributed by atoms with van der Waals surface area (Å²) >= 11 is 0. The lowest BCUT2D eigenvalue weighted by molar-refractivity contribution is 0.669. The molecule has 2 heterocycles. The van der Waals surface area contributed by atoms with Crippen molar-refractivity contribution >= 4 is 32.8 Å². The van der Waals surface area contributed by atoms with Crippen molar-refractivity contribution < 1.29 is 0 Å². The van der Waals surface area contributed by atoms with E-state index in [0.717, 1.165) is 24.1 Å². The Labute approximate surface area is 299 Å². The van der Waals surface area contributed by atoms with Crippen LogP contribution in [-0.4, -0.2) is 10.7 Å². The van der Waals surface area contributed by atoms with Gasteiger partial charge in [0.1, 0.15) is 0 Å². The SMILES string of the molecule is C1=C(c2ccc(-c3ccc(-c4cccnc4)cc3)cc2)C(c2cccc3ccccc23)=NC(c2ccc(-c3cccc4ccccc34)cc2)CC1. The van der Waals surface area contributed by atoms with Crippen LogP contribution in [0.1, 0.15) is 35.6 Å². The zero-order chi connectivity index (χ0) is 34.0. The van der Waals surface area contributed by atoms with E-state index in [0.29, 0.717) is 0 Å². The van der Waals surface area contributed by atoms with Crippen LogP contribution >= 0.6 is 0 Å². The van der Waals surface area contributed by atoms with E-state index in [1.54, 1.807) is 0 Å². The number of benzene rings is 7. The number of fused-ring (bicyclic) bond motifs is 2. The van der Waals surface area contributed by atoms with Crippen LogP contribution in [0.2, 0.25) is 0 Å². The zero-order valence-corrected chi connectivity index (χ0v) is 28.3.